The van der Waals surface area contributed by atoms with Gasteiger partial charge in [0.2, 0.25) is 6.10 Å². The van der Waals surface area contributed by atoms with E-state index in [1.165, 1.54) is 31.1 Å². The van der Waals surface area contributed by atoms with Gasteiger partial charge in [0.1, 0.15) is 11.8 Å². The second-order valence-electron chi connectivity index (χ2n) is 9.79. The fourth-order valence-corrected chi connectivity index (χ4v) is 3.63. The maximum atomic E-state index is 16.7. The summed E-state index contributed by atoms with van der Waals surface area (Å²) in [6, 6.07) is 0. The monoisotopic (exact) mass is 518 g/mol. The molecule has 3 rings (SSSR count). The van der Waals surface area contributed by atoms with Crippen molar-refractivity contribution in [2.45, 2.75) is 72.3 Å². The van der Waals surface area contributed by atoms with E-state index in [-0.39, 0.29) is 5.65 Å². The predicted octanol–water partition coefficient (Wildman–Crippen LogP) is 2.67. The van der Waals surface area contributed by atoms with Crippen LogP contribution in [-0.2, 0) is 33.3 Å². The van der Waals surface area contributed by atoms with Gasteiger partial charge in [0.25, 0.3) is 11.5 Å². The highest BCUT2D eigenvalue weighted by molar-refractivity contribution is 5.75. The van der Waals surface area contributed by atoms with Crippen molar-refractivity contribution in [2.24, 2.45) is 17.8 Å². The van der Waals surface area contributed by atoms with Crippen molar-refractivity contribution in [1.29, 1.82) is 0 Å². The Morgan fingerprint density at radius 2 is 1.70 bits per heavy atom. The molecule has 12 heteroatoms. The first-order chi connectivity index (χ1) is 17.3. The molecule has 1 aliphatic rings. The molecule has 0 spiro atoms. The minimum atomic E-state index is -3.00. The van der Waals surface area contributed by atoms with Crippen molar-refractivity contribution in [1.82, 2.24) is 19.5 Å². The molecule has 1 saturated heterocycles. The molecule has 2 aromatic heterocycles. The van der Waals surface area contributed by atoms with Crippen LogP contribution in [0.15, 0.2) is 12.7 Å². The number of aromatic nitrogens is 4. The third-order valence-electron chi connectivity index (χ3n) is 5.80. The average Bonchev–Trinajstić information content (AvgIpc) is 3.36. The number of rotatable bonds is 8. The smallest absolute Gasteiger partial charge is 0.310 e. The van der Waals surface area contributed by atoms with Crippen LogP contribution in [0.4, 0.5) is 4.39 Å². The molecule has 0 aromatic carbocycles. The molecule has 37 heavy (non-hydrogen) atoms. The topological polar surface area (TPSA) is 132 Å². The molecule has 11 nitrogen and oxygen atoms in total. The number of terminal acetylenes is 1. The highest BCUT2D eigenvalue weighted by Gasteiger charge is 2.71. The maximum absolute atomic E-state index is 16.7. The molecule has 200 valence electrons. The first-order valence-corrected chi connectivity index (χ1v) is 11.9. The lowest BCUT2D eigenvalue weighted by atomic mass is 9.92. The van der Waals surface area contributed by atoms with E-state index in [9.17, 15) is 14.4 Å². The number of alkyl halides is 1. The molecule has 0 unspecified atom stereocenters. The van der Waals surface area contributed by atoms with Gasteiger partial charge in [-0.1, -0.05) is 41.5 Å². The van der Waals surface area contributed by atoms with Crippen LogP contribution in [0.5, 0.6) is 0 Å². The van der Waals surface area contributed by atoms with Gasteiger partial charge in [0, 0.05) is 0 Å². The number of imidazole rings is 1. The summed E-state index contributed by atoms with van der Waals surface area (Å²) < 4.78 is 40.2. The molecule has 1 fully saturated rings. The van der Waals surface area contributed by atoms with E-state index in [1.54, 1.807) is 34.6 Å². The third kappa shape index (κ3) is 5.13. The quantitative estimate of drug-likeness (QED) is 0.292. The Kier molecular flexibility index (Phi) is 7.88. The molecular formula is C25H31FN4O7. The summed E-state index contributed by atoms with van der Waals surface area (Å²) in [4.78, 5) is 50.3. The van der Waals surface area contributed by atoms with Crippen LogP contribution in [0, 0.1) is 37.0 Å². The van der Waals surface area contributed by atoms with E-state index < -0.39 is 66.1 Å². The van der Waals surface area contributed by atoms with Crippen LogP contribution in [0.3, 0.4) is 0 Å². The number of ether oxygens (including phenoxy) is 4. The fourth-order valence-electron chi connectivity index (χ4n) is 3.63. The highest BCUT2D eigenvalue weighted by Crippen LogP contribution is 2.50. The van der Waals surface area contributed by atoms with Crippen molar-refractivity contribution in [2.75, 3.05) is 6.61 Å². The van der Waals surface area contributed by atoms with Gasteiger partial charge in [0.15, 0.2) is 18.5 Å². The Hall–Kier alpha value is -3.59. The van der Waals surface area contributed by atoms with Gasteiger partial charge in [-0.15, -0.1) is 6.42 Å². The van der Waals surface area contributed by atoms with Crippen molar-refractivity contribution in [3.05, 3.63) is 18.3 Å². The molecule has 0 saturated carbocycles. The number of carbonyl (C=O) groups excluding carboxylic acids is 3. The summed E-state index contributed by atoms with van der Waals surface area (Å²) in [6.45, 7) is 10.0. The van der Waals surface area contributed by atoms with Gasteiger partial charge in [-0.25, -0.2) is 19.3 Å². The minimum Gasteiger partial charge on any atom is -0.459 e. The summed E-state index contributed by atoms with van der Waals surface area (Å²) in [7, 11) is 0. The van der Waals surface area contributed by atoms with Gasteiger partial charge in [-0.2, -0.15) is 0 Å². The van der Waals surface area contributed by atoms with Crippen LogP contribution in [0.1, 0.15) is 53.5 Å². The lowest BCUT2D eigenvalue weighted by Gasteiger charge is -2.34. The van der Waals surface area contributed by atoms with Gasteiger partial charge in [0.05, 0.1) is 29.8 Å². The lowest BCUT2D eigenvalue weighted by Crippen LogP contribution is -2.55. The molecule has 1 aliphatic heterocycles. The second kappa shape index (κ2) is 10.4. The Bertz CT molecular complexity index is 1240. The highest BCUT2D eigenvalue weighted by atomic mass is 19.2. The molecule has 3 heterocycles. The first kappa shape index (κ1) is 28.0. The third-order valence-corrected chi connectivity index (χ3v) is 5.80. The largest absolute Gasteiger partial charge is 0.459 e. The van der Waals surface area contributed by atoms with Crippen LogP contribution in [0.25, 0.3) is 11.2 Å². The Morgan fingerprint density at radius 1 is 1.08 bits per heavy atom. The second-order valence-corrected chi connectivity index (χ2v) is 9.79. The van der Waals surface area contributed by atoms with E-state index in [4.69, 9.17) is 25.4 Å². The van der Waals surface area contributed by atoms with Crippen LogP contribution in [0.2, 0.25) is 0 Å². The fraction of sp³-hybridized carbons (Fsp3) is 0.600. The normalized spacial score (nSPS) is 25.5. The van der Waals surface area contributed by atoms with Crippen molar-refractivity contribution in [3.63, 3.8) is 0 Å². The number of hydrogen-bond acceptors (Lipinski definition) is 10. The summed E-state index contributed by atoms with van der Waals surface area (Å²) in [5, 5.41) is 0. The number of fused-ring (bicyclic) bond motifs is 1. The van der Waals surface area contributed by atoms with Crippen molar-refractivity contribution in [3.8, 4) is 12.3 Å². The lowest BCUT2D eigenvalue weighted by molar-refractivity contribution is -0.226. The van der Waals surface area contributed by atoms with E-state index in [0.29, 0.717) is 11.2 Å². The molecule has 4 atom stereocenters. The minimum absolute atomic E-state index is 0.204. The van der Waals surface area contributed by atoms with E-state index >= 15 is 4.39 Å². The van der Waals surface area contributed by atoms with E-state index in [2.05, 4.69) is 20.9 Å². The average molecular weight is 519 g/mol. The molecule has 0 radical (unpaired) electrons. The Morgan fingerprint density at radius 3 is 2.27 bits per heavy atom. The van der Waals surface area contributed by atoms with Gasteiger partial charge in [-0.05, 0) is 12.8 Å². The predicted molar refractivity (Wildman–Crippen MR) is 127 cm³/mol. The summed E-state index contributed by atoms with van der Waals surface area (Å²) >= 11 is 0. The summed E-state index contributed by atoms with van der Waals surface area (Å²) in [5.41, 5.74) is -1.23. The number of halogens is 1. The van der Waals surface area contributed by atoms with Crippen molar-refractivity contribution < 1.29 is 37.7 Å². The number of esters is 3. The summed E-state index contributed by atoms with van der Waals surface area (Å²) in [6.07, 6.45) is 4.85. The number of nitrogens with zero attached hydrogens (tertiary/aromatic N) is 4. The van der Waals surface area contributed by atoms with Gasteiger partial charge < -0.3 is 18.9 Å². The summed E-state index contributed by atoms with van der Waals surface area (Å²) in [5.74, 6) is -4.97. The van der Waals surface area contributed by atoms with E-state index in [1.807, 2.05) is 0 Å². The van der Waals surface area contributed by atoms with Crippen LogP contribution in [-0.4, -0.2) is 61.6 Å². The van der Waals surface area contributed by atoms with Crippen molar-refractivity contribution >= 4 is 29.1 Å². The van der Waals surface area contributed by atoms with E-state index in [0.717, 1.165) is 0 Å². The molecule has 0 amide bonds. The zero-order valence-corrected chi connectivity index (χ0v) is 21.9. The standard InChI is InChI=1S/C25H31FN4O7/c1-9-24(36-21(33)15(6)7)22(35-20(32)14(4)5)25(26,10-34-19(31)13(2)3)37-23(24)30-12-29-17-16(8)27-11-28-18(17)30/h1,11-15,22-23H,10H2,2-8H3/t22-,23+,24+,25+/m0/s1. The molecule has 2 aromatic rings. The molecule has 0 aliphatic carbocycles. The van der Waals surface area contributed by atoms with Crippen LogP contribution >= 0.6 is 0 Å². The number of hydrogen-bond donors (Lipinski definition) is 0. The SMILES string of the molecule is C#C[C@]1(OC(=O)C(C)C)[C@H](n2cnc3c(C)ncnc32)O[C@](F)(COC(=O)C(C)C)[C@H]1OC(=O)C(C)C. The Labute approximate surface area is 214 Å². The maximum Gasteiger partial charge on any atom is 0.310 e. The first-order valence-electron chi connectivity index (χ1n) is 11.9. The number of carbonyl (C=O) groups is 3. The molecule has 0 N–H and O–H groups in total. The number of aryl methyl sites for hydroxylation is 1. The zero-order chi connectivity index (χ0) is 27.7. The van der Waals surface area contributed by atoms with Crippen LogP contribution < -0.4 is 0 Å². The Balaban J connectivity index is 2.23. The van der Waals surface area contributed by atoms with Gasteiger partial charge >= 0.3 is 17.9 Å². The molecular weight excluding hydrogens is 487 g/mol. The zero-order valence-electron chi connectivity index (χ0n) is 21.9. The van der Waals surface area contributed by atoms with Gasteiger partial charge in [-0.3, -0.25) is 19.0 Å². The molecule has 0 bridgehead atoms.